The Morgan fingerprint density at radius 2 is 1.35 bits per heavy atom. The summed E-state index contributed by atoms with van der Waals surface area (Å²) in [7, 11) is -0.957. The Labute approximate surface area is 371 Å². The molecule has 0 amide bonds. The molecule has 14 nitrogen and oxygen atoms in total. The fraction of sp³-hybridized carbons (Fsp3) is 0.500. The minimum absolute atomic E-state index is 0.0344. The predicted octanol–water partition coefficient (Wildman–Crippen LogP) is 8.07. The van der Waals surface area contributed by atoms with E-state index in [-0.39, 0.29) is 10.8 Å². The molecule has 15 heteroatoms. The lowest BCUT2D eigenvalue weighted by Crippen LogP contribution is -2.64. The Bertz CT molecular complexity index is 2140. The summed E-state index contributed by atoms with van der Waals surface area (Å²) in [6, 6.07) is 21.3. The van der Waals surface area contributed by atoms with E-state index in [1.54, 1.807) is 12.1 Å². The van der Waals surface area contributed by atoms with Crippen LogP contribution in [0.15, 0.2) is 66.7 Å². The highest BCUT2D eigenvalue weighted by atomic mass is 28.4. The van der Waals surface area contributed by atoms with Gasteiger partial charge in [0.05, 0.1) is 7.11 Å². The molecule has 3 aromatic rings. The van der Waals surface area contributed by atoms with Crippen molar-refractivity contribution < 1.29 is 61.5 Å². The van der Waals surface area contributed by atoms with Crippen molar-refractivity contribution in [2.45, 2.75) is 123 Å². The molecule has 0 unspecified atom stereocenters. The molecule has 0 saturated carbocycles. The highest BCUT2D eigenvalue weighted by molar-refractivity contribution is 6.74. The number of ether oxygens (including phenoxy) is 8. The van der Waals surface area contributed by atoms with E-state index in [4.69, 9.17) is 42.3 Å². The Kier molecular flexibility index (Phi) is 14.9. The van der Waals surface area contributed by atoms with Crippen LogP contribution in [0.2, 0.25) is 18.1 Å². The summed E-state index contributed by atoms with van der Waals surface area (Å²) in [4.78, 5) is 52.4. The third kappa shape index (κ3) is 11.4. The third-order valence-corrected chi connectivity index (χ3v) is 16.4. The van der Waals surface area contributed by atoms with Crippen LogP contribution in [0.25, 0.3) is 11.1 Å². The van der Waals surface area contributed by atoms with Crippen molar-refractivity contribution >= 4 is 43.3 Å². The van der Waals surface area contributed by atoms with Crippen molar-refractivity contribution in [3.63, 3.8) is 0 Å². The number of carbonyl (C=O) groups is 4. The highest BCUT2D eigenvalue weighted by Gasteiger charge is 2.56. The minimum Gasteiger partial charge on any atom is -0.544 e. The standard InChI is InChI=1S/C48H61NO13Si/c1-29-38-23-22-37(59-47-45(58-32(4)52)43(57-31(3)51)42(56-30(2)50)44(61-47)46(53)54-8)28-39(38)60-41(34-16-18-35(19-17-34)55-27-26-49-24-12-11-13-25-49)40(29)33-14-20-36(21-15-33)62-63(9,10)48(5,6)7/h14-23,28,41-45,47H,11-13,24-27H2,1-10H3/t41-,42-,43-,44-,45+,47+/m0/s1. The van der Waals surface area contributed by atoms with E-state index in [1.165, 1.54) is 19.3 Å². The molecular formula is C48H61NO13Si. The van der Waals surface area contributed by atoms with Gasteiger partial charge in [-0.3, -0.25) is 19.3 Å². The number of rotatable bonds is 14. The van der Waals surface area contributed by atoms with Gasteiger partial charge in [-0.05, 0) is 104 Å². The van der Waals surface area contributed by atoms with Gasteiger partial charge in [-0.15, -0.1) is 0 Å². The molecule has 2 fully saturated rings. The number of fused-ring (bicyclic) bond motifs is 1. The average molecular weight is 888 g/mol. The van der Waals surface area contributed by atoms with Crippen LogP contribution in [-0.2, 0) is 42.9 Å². The van der Waals surface area contributed by atoms with Crippen LogP contribution < -0.4 is 18.6 Å². The van der Waals surface area contributed by atoms with Gasteiger partial charge in [0.1, 0.15) is 35.7 Å². The number of esters is 4. The monoisotopic (exact) mass is 887 g/mol. The molecule has 0 N–H and O–H groups in total. The molecule has 340 valence electrons. The molecule has 3 aromatic carbocycles. The summed E-state index contributed by atoms with van der Waals surface area (Å²) in [5.74, 6) is -1.02. The van der Waals surface area contributed by atoms with Crippen molar-refractivity contribution in [1.29, 1.82) is 0 Å². The van der Waals surface area contributed by atoms with Gasteiger partial charge in [0.2, 0.25) is 20.7 Å². The number of piperidine rings is 1. The Morgan fingerprint density at radius 3 is 1.95 bits per heavy atom. The Hall–Kier alpha value is -5.38. The van der Waals surface area contributed by atoms with Gasteiger partial charge in [0, 0.05) is 44.5 Å². The maximum Gasteiger partial charge on any atom is 0.339 e. The largest absolute Gasteiger partial charge is 0.544 e. The van der Waals surface area contributed by atoms with E-state index in [1.807, 2.05) is 49.4 Å². The quantitative estimate of drug-likeness (QED) is 0.0871. The van der Waals surface area contributed by atoms with Gasteiger partial charge >= 0.3 is 23.9 Å². The van der Waals surface area contributed by atoms with Gasteiger partial charge in [0.15, 0.2) is 18.3 Å². The fourth-order valence-electron chi connectivity index (χ4n) is 7.79. The molecule has 63 heavy (non-hydrogen) atoms. The topological polar surface area (TPSA) is 155 Å². The second-order valence-corrected chi connectivity index (χ2v) is 22.4. The van der Waals surface area contributed by atoms with Gasteiger partial charge in [-0.25, -0.2) is 4.79 Å². The Morgan fingerprint density at radius 1 is 0.762 bits per heavy atom. The number of hydrogen-bond donors (Lipinski definition) is 0. The predicted molar refractivity (Wildman–Crippen MR) is 237 cm³/mol. The molecular weight excluding hydrogens is 827 g/mol. The summed E-state index contributed by atoms with van der Waals surface area (Å²) in [5, 5.41) is 0.0344. The van der Waals surface area contributed by atoms with Crippen LogP contribution in [0.5, 0.6) is 23.0 Å². The number of hydrogen-bond acceptors (Lipinski definition) is 14. The summed E-state index contributed by atoms with van der Waals surface area (Å²) in [6.45, 7) is 20.2. The van der Waals surface area contributed by atoms with E-state index in [0.29, 0.717) is 12.4 Å². The Balaban J connectivity index is 1.34. The number of carbonyl (C=O) groups excluding carboxylic acids is 4. The van der Waals surface area contributed by atoms with E-state index in [0.717, 1.165) is 86.9 Å². The van der Waals surface area contributed by atoms with Crippen LogP contribution >= 0.6 is 0 Å². The first-order chi connectivity index (χ1) is 29.8. The van der Waals surface area contributed by atoms with Gasteiger partial charge in [0.25, 0.3) is 0 Å². The number of likely N-dealkylation sites (tertiary alicyclic amines) is 1. The lowest BCUT2D eigenvalue weighted by Gasteiger charge is -2.43. The summed E-state index contributed by atoms with van der Waals surface area (Å²) in [5.41, 5.74) is 4.57. The summed E-state index contributed by atoms with van der Waals surface area (Å²) < 4.78 is 53.5. The molecule has 0 aliphatic carbocycles. The molecule has 0 radical (unpaired) electrons. The lowest BCUT2D eigenvalue weighted by atomic mass is 9.86. The fourth-order valence-corrected chi connectivity index (χ4v) is 8.82. The summed E-state index contributed by atoms with van der Waals surface area (Å²) >= 11 is 0. The molecule has 3 aliphatic rings. The molecule has 6 rings (SSSR count). The van der Waals surface area contributed by atoms with E-state index in [9.17, 15) is 19.2 Å². The normalized spacial score (nSPS) is 22.8. The van der Waals surface area contributed by atoms with Gasteiger partial charge in [-0.2, -0.15) is 0 Å². The highest BCUT2D eigenvalue weighted by Crippen LogP contribution is 2.48. The number of benzene rings is 3. The molecule has 2 saturated heterocycles. The molecule has 6 atom stereocenters. The van der Waals surface area contributed by atoms with Crippen molar-refractivity contribution in [3.05, 3.63) is 83.4 Å². The lowest BCUT2D eigenvalue weighted by molar-refractivity contribution is -0.282. The molecule has 0 bridgehead atoms. The first-order valence-electron chi connectivity index (χ1n) is 21.5. The first-order valence-corrected chi connectivity index (χ1v) is 24.4. The van der Waals surface area contributed by atoms with Crippen LogP contribution in [0, 0.1) is 0 Å². The number of allylic oxidation sites excluding steroid dienone is 1. The molecule has 3 heterocycles. The molecule has 3 aliphatic heterocycles. The smallest absolute Gasteiger partial charge is 0.339 e. The average Bonchev–Trinajstić information content (AvgIpc) is 3.22. The van der Waals surface area contributed by atoms with Crippen LogP contribution in [0.3, 0.4) is 0 Å². The van der Waals surface area contributed by atoms with Crippen molar-refractivity contribution in [2.24, 2.45) is 0 Å². The van der Waals surface area contributed by atoms with Crippen molar-refractivity contribution in [1.82, 2.24) is 4.90 Å². The van der Waals surface area contributed by atoms with Crippen LogP contribution in [-0.4, -0.2) is 101 Å². The van der Waals surface area contributed by atoms with E-state index in [2.05, 4.69) is 50.9 Å². The number of methoxy groups -OCH3 is 1. The minimum atomic E-state index is -2.08. The second-order valence-electron chi connectivity index (χ2n) is 17.7. The second kappa shape index (κ2) is 20.0. The third-order valence-electron chi connectivity index (χ3n) is 12.0. The molecule has 0 aromatic heterocycles. The zero-order chi connectivity index (χ0) is 45.6. The van der Waals surface area contributed by atoms with Gasteiger partial charge in [-0.1, -0.05) is 51.5 Å². The summed E-state index contributed by atoms with van der Waals surface area (Å²) in [6.07, 6.45) is -4.48. The SMILES string of the molecule is COC(=O)[C@H]1O[C@@H](Oc2ccc3c(c2)O[C@@H](c2ccc(OCCN4CCCCC4)cc2)C(c2ccc(O[Si](C)(C)C(C)(C)C)cc2)=C3C)[C@H](OC(C)=O)[C@@H](OC(C)=O)[C@@H]1OC(C)=O. The van der Waals surface area contributed by atoms with Crippen molar-refractivity contribution in [3.8, 4) is 23.0 Å². The zero-order valence-corrected chi connectivity index (χ0v) is 39.0. The van der Waals surface area contributed by atoms with Crippen LogP contribution in [0.1, 0.15) is 90.5 Å². The van der Waals surface area contributed by atoms with Crippen molar-refractivity contribution in [2.75, 3.05) is 33.4 Å². The number of nitrogens with zero attached hydrogens (tertiary/aromatic N) is 1. The maximum absolute atomic E-state index is 13.0. The first kappa shape index (κ1) is 47.1. The van der Waals surface area contributed by atoms with E-state index >= 15 is 0 Å². The maximum atomic E-state index is 13.0. The zero-order valence-electron chi connectivity index (χ0n) is 38.0. The van der Waals surface area contributed by atoms with Gasteiger partial charge < -0.3 is 42.3 Å². The molecule has 0 spiro atoms. The van der Waals surface area contributed by atoms with E-state index < -0.39 is 69.0 Å². The van der Waals surface area contributed by atoms with Crippen LogP contribution in [0.4, 0.5) is 0 Å².